The van der Waals surface area contributed by atoms with E-state index in [1.807, 2.05) is 11.3 Å². The lowest BCUT2D eigenvalue weighted by molar-refractivity contribution is 0.265. The molecule has 5 heteroatoms. The Hall–Kier alpha value is -1.46. The number of fused-ring (bicyclic) bond motifs is 1. The number of hydrogen-bond acceptors (Lipinski definition) is 4. The van der Waals surface area contributed by atoms with Gasteiger partial charge in [-0.05, 0) is 6.92 Å². The molecule has 0 saturated carbocycles. The summed E-state index contributed by atoms with van der Waals surface area (Å²) in [6.45, 7) is 1.79. The summed E-state index contributed by atoms with van der Waals surface area (Å²) >= 11 is 0. The van der Waals surface area contributed by atoms with Crippen molar-refractivity contribution in [2.75, 3.05) is 6.61 Å². The Balaban J connectivity index is 2.67. The number of nitrogens with zero attached hydrogens (tertiary/aromatic N) is 3. The van der Waals surface area contributed by atoms with Gasteiger partial charge in [0.2, 0.25) is 0 Å². The molecule has 0 saturated heterocycles. The van der Waals surface area contributed by atoms with E-state index in [0.29, 0.717) is 0 Å². The number of rotatable bonds is 2. The molecule has 1 atom stereocenters. The third-order valence-electron chi connectivity index (χ3n) is 2.20. The van der Waals surface area contributed by atoms with Crippen molar-refractivity contribution in [1.29, 1.82) is 0 Å². The number of hydrogen-bond donors (Lipinski definition) is 2. The van der Waals surface area contributed by atoms with E-state index in [2.05, 4.69) is 9.97 Å². The normalized spacial score (nSPS) is 13.4. The van der Waals surface area contributed by atoms with E-state index >= 15 is 0 Å². The molecule has 0 fully saturated rings. The average Bonchev–Trinajstić information content (AvgIpc) is 2.53. The minimum absolute atomic E-state index is 0.0864. The van der Waals surface area contributed by atoms with Crippen LogP contribution < -0.4 is 5.73 Å². The van der Waals surface area contributed by atoms with Crippen molar-refractivity contribution < 1.29 is 5.11 Å². The molecule has 2 aromatic rings. The highest BCUT2D eigenvalue weighted by molar-refractivity contribution is 5.41. The van der Waals surface area contributed by atoms with Gasteiger partial charge in [0.25, 0.3) is 0 Å². The summed E-state index contributed by atoms with van der Waals surface area (Å²) in [7, 11) is 0. The molecule has 0 aliphatic heterocycles. The van der Waals surface area contributed by atoms with Gasteiger partial charge in [-0.3, -0.25) is 9.38 Å². The SMILES string of the molecule is Cc1nc2cnccn2c1C(N)CO. The maximum absolute atomic E-state index is 9.01. The molecule has 3 N–H and O–H groups in total. The van der Waals surface area contributed by atoms with Crippen LogP contribution in [0.4, 0.5) is 0 Å². The summed E-state index contributed by atoms with van der Waals surface area (Å²) in [5.74, 6) is 0. The van der Waals surface area contributed by atoms with E-state index in [1.165, 1.54) is 0 Å². The van der Waals surface area contributed by atoms with Crippen molar-refractivity contribution in [2.45, 2.75) is 13.0 Å². The summed E-state index contributed by atoms with van der Waals surface area (Å²) in [6.07, 6.45) is 5.13. The topological polar surface area (TPSA) is 76.4 Å². The zero-order valence-electron chi connectivity index (χ0n) is 7.88. The van der Waals surface area contributed by atoms with Crippen LogP contribution >= 0.6 is 0 Å². The van der Waals surface area contributed by atoms with Gasteiger partial charge in [-0.25, -0.2) is 4.98 Å². The van der Waals surface area contributed by atoms with Gasteiger partial charge in [-0.2, -0.15) is 0 Å². The van der Waals surface area contributed by atoms with Crippen LogP contribution in [0.15, 0.2) is 18.6 Å². The zero-order valence-corrected chi connectivity index (χ0v) is 7.88. The lowest BCUT2D eigenvalue weighted by atomic mass is 10.2. The van der Waals surface area contributed by atoms with Crippen LogP contribution in [0.25, 0.3) is 5.65 Å². The van der Waals surface area contributed by atoms with E-state index in [4.69, 9.17) is 10.8 Å². The summed E-state index contributed by atoms with van der Waals surface area (Å²) < 4.78 is 1.85. The highest BCUT2D eigenvalue weighted by atomic mass is 16.3. The predicted molar refractivity (Wildman–Crippen MR) is 51.7 cm³/mol. The van der Waals surface area contributed by atoms with Crippen LogP contribution in [0.3, 0.4) is 0 Å². The molecule has 0 aliphatic carbocycles. The maximum atomic E-state index is 9.01. The number of aliphatic hydroxyl groups is 1. The second-order valence-corrected chi connectivity index (χ2v) is 3.18. The molecule has 1 unspecified atom stereocenters. The summed E-state index contributed by atoms with van der Waals surface area (Å²) in [5.41, 5.74) is 8.20. The van der Waals surface area contributed by atoms with Gasteiger partial charge in [0.05, 0.1) is 30.2 Å². The maximum Gasteiger partial charge on any atom is 0.155 e. The van der Waals surface area contributed by atoms with Gasteiger partial charge >= 0.3 is 0 Å². The van der Waals surface area contributed by atoms with Crippen molar-refractivity contribution in [3.8, 4) is 0 Å². The Morgan fingerprint density at radius 2 is 2.43 bits per heavy atom. The van der Waals surface area contributed by atoms with Crippen LogP contribution in [-0.4, -0.2) is 26.1 Å². The third kappa shape index (κ3) is 1.26. The molecule has 14 heavy (non-hydrogen) atoms. The molecule has 0 bridgehead atoms. The lowest BCUT2D eigenvalue weighted by Gasteiger charge is -2.08. The van der Waals surface area contributed by atoms with E-state index < -0.39 is 6.04 Å². The minimum Gasteiger partial charge on any atom is -0.394 e. The van der Waals surface area contributed by atoms with Crippen LogP contribution in [0.1, 0.15) is 17.4 Å². The smallest absolute Gasteiger partial charge is 0.155 e. The Morgan fingerprint density at radius 3 is 3.14 bits per heavy atom. The van der Waals surface area contributed by atoms with E-state index in [0.717, 1.165) is 17.0 Å². The monoisotopic (exact) mass is 192 g/mol. The molecule has 0 aliphatic rings. The first-order valence-electron chi connectivity index (χ1n) is 4.39. The Bertz CT molecular complexity index is 451. The molecule has 2 heterocycles. The van der Waals surface area contributed by atoms with Gasteiger partial charge in [0.15, 0.2) is 5.65 Å². The lowest BCUT2D eigenvalue weighted by Crippen LogP contribution is -2.17. The van der Waals surface area contributed by atoms with Crippen LogP contribution in [0.2, 0.25) is 0 Å². The fraction of sp³-hybridized carbons (Fsp3) is 0.333. The first-order chi connectivity index (χ1) is 6.74. The van der Waals surface area contributed by atoms with Gasteiger partial charge in [-0.1, -0.05) is 0 Å². The van der Waals surface area contributed by atoms with E-state index in [1.54, 1.807) is 18.6 Å². The van der Waals surface area contributed by atoms with E-state index in [9.17, 15) is 0 Å². The van der Waals surface area contributed by atoms with Crippen molar-refractivity contribution in [3.63, 3.8) is 0 Å². The summed E-state index contributed by atoms with van der Waals surface area (Å²) in [5, 5.41) is 9.01. The van der Waals surface area contributed by atoms with Gasteiger partial charge < -0.3 is 10.8 Å². The largest absolute Gasteiger partial charge is 0.394 e. The van der Waals surface area contributed by atoms with Crippen LogP contribution in [0.5, 0.6) is 0 Å². The first-order valence-corrected chi connectivity index (χ1v) is 4.39. The molecular formula is C9H12N4O. The second-order valence-electron chi connectivity index (χ2n) is 3.18. The molecule has 74 valence electrons. The molecule has 2 rings (SSSR count). The first kappa shape index (κ1) is 9.11. The molecular weight excluding hydrogens is 180 g/mol. The Kier molecular flexibility index (Phi) is 2.18. The fourth-order valence-corrected chi connectivity index (χ4v) is 1.58. The number of aliphatic hydroxyl groups excluding tert-OH is 1. The van der Waals surface area contributed by atoms with E-state index in [-0.39, 0.29) is 6.61 Å². The molecule has 2 aromatic heterocycles. The minimum atomic E-state index is -0.396. The Labute approximate surface area is 81.2 Å². The summed E-state index contributed by atoms with van der Waals surface area (Å²) in [6, 6.07) is -0.396. The number of nitrogens with two attached hydrogens (primary N) is 1. The average molecular weight is 192 g/mol. The quantitative estimate of drug-likeness (QED) is 0.703. The van der Waals surface area contributed by atoms with Crippen LogP contribution in [-0.2, 0) is 0 Å². The number of imidazole rings is 1. The molecule has 5 nitrogen and oxygen atoms in total. The molecule has 0 radical (unpaired) electrons. The van der Waals surface area contributed by atoms with Crippen molar-refractivity contribution in [2.24, 2.45) is 5.73 Å². The summed E-state index contributed by atoms with van der Waals surface area (Å²) in [4.78, 5) is 8.26. The second kappa shape index (κ2) is 3.36. The molecule has 0 spiro atoms. The van der Waals surface area contributed by atoms with Gasteiger partial charge in [0.1, 0.15) is 0 Å². The van der Waals surface area contributed by atoms with Gasteiger partial charge in [0, 0.05) is 12.4 Å². The highest BCUT2D eigenvalue weighted by Gasteiger charge is 2.14. The fourth-order valence-electron chi connectivity index (χ4n) is 1.58. The van der Waals surface area contributed by atoms with Crippen molar-refractivity contribution >= 4 is 5.65 Å². The molecule has 0 aromatic carbocycles. The van der Waals surface area contributed by atoms with Gasteiger partial charge in [-0.15, -0.1) is 0 Å². The highest BCUT2D eigenvalue weighted by Crippen LogP contribution is 2.16. The Morgan fingerprint density at radius 1 is 1.64 bits per heavy atom. The standard InChI is InChI=1S/C9H12N4O/c1-6-9(7(10)5-14)13-3-2-11-4-8(13)12-6/h2-4,7,14H,5,10H2,1H3. The number of aromatic nitrogens is 3. The number of aryl methyl sites for hydroxylation is 1. The predicted octanol–water partition coefficient (Wildman–Crippen LogP) is 0.0298. The zero-order chi connectivity index (χ0) is 10.1. The van der Waals surface area contributed by atoms with Crippen molar-refractivity contribution in [3.05, 3.63) is 30.0 Å². The van der Waals surface area contributed by atoms with Crippen LogP contribution in [0, 0.1) is 6.92 Å². The molecule has 0 amide bonds. The third-order valence-corrected chi connectivity index (χ3v) is 2.20. The van der Waals surface area contributed by atoms with Crippen molar-refractivity contribution in [1.82, 2.24) is 14.4 Å².